The quantitative estimate of drug-likeness (QED) is 0.556. The van der Waals surface area contributed by atoms with Crippen molar-refractivity contribution >= 4 is 79.6 Å². The molecule has 0 radical (unpaired) electrons. The fourth-order valence-electron chi connectivity index (χ4n) is 1.55. The van der Waals surface area contributed by atoms with Crippen LogP contribution < -0.4 is 0 Å². The largest absolute Gasteiger partial charge is 0.335 e. The SMILES string of the molecule is CN(Cc1ccc(Br)s1)C(=O)c1nc(Cl)c(Cl)c(Cl)c1Cl. The molecule has 2 rings (SSSR count). The molecular formula is C12H7BrCl4N2OS. The molecule has 112 valence electrons. The average Bonchev–Trinajstić information content (AvgIpc) is 2.85. The van der Waals surface area contributed by atoms with Crippen molar-refractivity contribution in [3.8, 4) is 0 Å². The Hall–Kier alpha value is -0.0400. The van der Waals surface area contributed by atoms with E-state index in [-0.39, 0.29) is 31.8 Å². The predicted molar refractivity (Wildman–Crippen MR) is 92.1 cm³/mol. The highest BCUT2D eigenvalue weighted by Crippen LogP contribution is 2.36. The standard InChI is InChI=1S/C12H7BrCl4N2OS/c1-19(4-5-2-3-6(13)21-5)12(20)10-8(15)7(14)9(16)11(17)18-10/h2-3H,4H2,1H3. The number of hydrogen-bond donors (Lipinski definition) is 0. The van der Waals surface area contributed by atoms with Crippen molar-refractivity contribution in [2.75, 3.05) is 7.05 Å². The highest BCUT2D eigenvalue weighted by molar-refractivity contribution is 9.11. The smallest absolute Gasteiger partial charge is 0.274 e. The van der Waals surface area contributed by atoms with Crippen LogP contribution in [0.1, 0.15) is 15.4 Å². The van der Waals surface area contributed by atoms with Crippen LogP contribution in [0.15, 0.2) is 15.9 Å². The molecule has 0 bridgehead atoms. The minimum absolute atomic E-state index is 0.00437. The molecule has 2 aromatic rings. The summed E-state index contributed by atoms with van der Waals surface area (Å²) in [4.78, 5) is 18.8. The van der Waals surface area contributed by atoms with Gasteiger partial charge in [-0.2, -0.15) is 0 Å². The molecule has 3 nitrogen and oxygen atoms in total. The summed E-state index contributed by atoms with van der Waals surface area (Å²) in [6.07, 6.45) is 0. The van der Waals surface area contributed by atoms with Crippen LogP contribution >= 0.6 is 73.7 Å². The zero-order valence-electron chi connectivity index (χ0n) is 10.5. The fourth-order valence-corrected chi connectivity index (χ4v) is 3.90. The van der Waals surface area contributed by atoms with Gasteiger partial charge < -0.3 is 4.90 Å². The van der Waals surface area contributed by atoms with Crippen LogP contribution in [0.3, 0.4) is 0 Å². The van der Waals surface area contributed by atoms with Gasteiger partial charge in [0.25, 0.3) is 5.91 Å². The first-order valence-corrected chi connectivity index (χ1v) is 8.63. The van der Waals surface area contributed by atoms with Gasteiger partial charge in [-0.1, -0.05) is 46.4 Å². The van der Waals surface area contributed by atoms with E-state index in [9.17, 15) is 4.79 Å². The summed E-state index contributed by atoms with van der Waals surface area (Å²) < 4.78 is 0.993. The van der Waals surface area contributed by atoms with Crippen molar-refractivity contribution in [3.63, 3.8) is 0 Å². The van der Waals surface area contributed by atoms with Crippen LogP contribution in [0.25, 0.3) is 0 Å². The number of amides is 1. The van der Waals surface area contributed by atoms with Gasteiger partial charge in [0.2, 0.25) is 0 Å². The summed E-state index contributed by atoms with van der Waals surface area (Å²) in [5.74, 6) is -0.384. The molecule has 21 heavy (non-hydrogen) atoms. The van der Waals surface area contributed by atoms with E-state index in [0.717, 1.165) is 8.66 Å². The fraction of sp³-hybridized carbons (Fsp3) is 0.167. The van der Waals surface area contributed by atoms with Gasteiger partial charge in [-0.05, 0) is 28.1 Å². The summed E-state index contributed by atoms with van der Waals surface area (Å²) in [6.45, 7) is 0.422. The van der Waals surface area contributed by atoms with E-state index >= 15 is 0 Å². The second-order valence-electron chi connectivity index (χ2n) is 4.06. The molecule has 0 aliphatic carbocycles. The molecule has 0 aliphatic heterocycles. The van der Waals surface area contributed by atoms with Crippen molar-refractivity contribution in [1.82, 2.24) is 9.88 Å². The summed E-state index contributed by atoms with van der Waals surface area (Å²) >= 11 is 28.6. The molecule has 0 saturated heterocycles. The summed E-state index contributed by atoms with van der Waals surface area (Å²) in [5.41, 5.74) is -0.0193. The minimum atomic E-state index is -0.384. The van der Waals surface area contributed by atoms with Gasteiger partial charge in [0.1, 0.15) is 10.8 Å². The highest BCUT2D eigenvalue weighted by atomic mass is 79.9. The number of carbonyl (C=O) groups excluding carboxylic acids is 1. The maximum atomic E-state index is 12.4. The first kappa shape index (κ1) is 17.3. The molecule has 0 fully saturated rings. The molecule has 0 spiro atoms. The maximum Gasteiger partial charge on any atom is 0.274 e. The van der Waals surface area contributed by atoms with Gasteiger partial charge in [0, 0.05) is 11.9 Å². The lowest BCUT2D eigenvalue weighted by Gasteiger charge is -2.17. The van der Waals surface area contributed by atoms with E-state index < -0.39 is 0 Å². The van der Waals surface area contributed by atoms with Crippen molar-refractivity contribution in [1.29, 1.82) is 0 Å². The van der Waals surface area contributed by atoms with Crippen LogP contribution in [-0.4, -0.2) is 22.8 Å². The van der Waals surface area contributed by atoms with Crippen LogP contribution in [0.4, 0.5) is 0 Å². The normalized spacial score (nSPS) is 10.8. The lowest BCUT2D eigenvalue weighted by Crippen LogP contribution is -2.27. The van der Waals surface area contributed by atoms with Crippen LogP contribution in [0, 0.1) is 0 Å². The van der Waals surface area contributed by atoms with E-state index in [2.05, 4.69) is 20.9 Å². The van der Waals surface area contributed by atoms with Gasteiger partial charge in [0.05, 0.1) is 25.4 Å². The second kappa shape index (κ2) is 7.02. The van der Waals surface area contributed by atoms with Gasteiger partial charge in [-0.15, -0.1) is 11.3 Å². The first-order chi connectivity index (χ1) is 9.81. The zero-order chi connectivity index (χ0) is 15.7. The van der Waals surface area contributed by atoms with Crippen molar-refractivity contribution < 1.29 is 4.79 Å². The second-order valence-corrected chi connectivity index (χ2v) is 8.10. The topological polar surface area (TPSA) is 33.2 Å². The summed E-state index contributed by atoms with van der Waals surface area (Å²) in [7, 11) is 1.64. The highest BCUT2D eigenvalue weighted by Gasteiger charge is 2.23. The van der Waals surface area contributed by atoms with Gasteiger partial charge >= 0.3 is 0 Å². The third kappa shape index (κ3) is 3.84. The monoisotopic (exact) mass is 446 g/mol. The Labute approximate surface area is 153 Å². The lowest BCUT2D eigenvalue weighted by molar-refractivity contribution is 0.0781. The molecule has 0 saturated carbocycles. The van der Waals surface area contributed by atoms with Crippen LogP contribution in [-0.2, 0) is 6.54 Å². The molecule has 2 aromatic heterocycles. The summed E-state index contributed by atoms with van der Waals surface area (Å²) in [6, 6.07) is 3.84. The average molecular weight is 449 g/mol. The van der Waals surface area contributed by atoms with Crippen molar-refractivity contribution in [3.05, 3.63) is 46.7 Å². The number of halogens is 5. The lowest BCUT2D eigenvalue weighted by atomic mass is 10.3. The van der Waals surface area contributed by atoms with Crippen LogP contribution in [0.5, 0.6) is 0 Å². The van der Waals surface area contributed by atoms with Crippen molar-refractivity contribution in [2.45, 2.75) is 6.54 Å². The third-order valence-electron chi connectivity index (χ3n) is 2.56. The van der Waals surface area contributed by atoms with E-state index in [1.165, 1.54) is 16.2 Å². The van der Waals surface area contributed by atoms with E-state index in [1.54, 1.807) is 7.05 Å². The number of carbonyl (C=O) groups is 1. The molecule has 0 atom stereocenters. The van der Waals surface area contributed by atoms with E-state index in [0.29, 0.717) is 6.54 Å². The molecule has 0 aromatic carbocycles. The van der Waals surface area contributed by atoms with E-state index in [4.69, 9.17) is 46.4 Å². The predicted octanol–water partition coefficient (Wildman–Crippen LogP) is 5.79. The third-order valence-corrected chi connectivity index (χ3v) is 5.84. The Bertz CT molecular complexity index is 707. The Morgan fingerprint density at radius 3 is 2.48 bits per heavy atom. The Morgan fingerprint density at radius 1 is 1.24 bits per heavy atom. The minimum Gasteiger partial charge on any atom is -0.335 e. The van der Waals surface area contributed by atoms with E-state index in [1.807, 2.05) is 12.1 Å². The van der Waals surface area contributed by atoms with Crippen molar-refractivity contribution in [2.24, 2.45) is 0 Å². The Kier molecular flexibility index (Phi) is 5.79. The number of hydrogen-bond acceptors (Lipinski definition) is 3. The van der Waals surface area contributed by atoms with Crippen LogP contribution in [0.2, 0.25) is 20.2 Å². The molecule has 0 N–H and O–H groups in total. The van der Waals surface area contributed by atoms with Gasteiger partial charge in [-0.3, -0.25) is 4.79 Å². The first-order valence-electron chi connectivity index (χ1n) is 5.51. The Morgan fingerprint density at radius 2 is 1.90 bits per heavy atom. The molecular weight excluding hydrogens is 442 g/mol. The molecule has 0 aliphatic rings. The number of rotatable bonds is 3. The number of thiophene rings is 1. The summed E-state index contributed by atoms with van der Waals surface area (Å²) in [5, 5.41) is -0.00404. The molecule has 1 amide bonds. The number of pyridine rings is 1. The van der Waals surface area contributed by atoms with Gasteiger partial charge in [0.15, 0.2) is 0 Å². The number of aromatic nitrogens is 1. The molecule has 2 heterocycles. The molecule has 9 heteroatoms. The number of nitrogens with zero attached hydrogens (tertiary/aromatic N) is 2. The maximum absolute atomic E-state index is 12.4. The van der Waals surface area contributed by atoms with Gasteiger partial charge in [-0.25, -0.2) is 4.98 Å². The Balaban J connectivity index is 2.27. The zero-order valence-corrected chi connectivity index (χ0v) is 15.9. The molecule has 0 unspecified atom stereocenters.